The highest BCUT2D eigenvalue weighted by Crippen LogP contribution is 2.37. The number of nitrogens with zero attached hydrogens (tertiary/aromatic N) is 1. The normalized spacial score (nSPS) is 29.8. The summed E-state index contributed by atoms with van der Waals surface area (Å²) in [5.74, 6) is 0. The summed E-state index contributed by atoms with van der Waals surface area (Å²) >= 11 is 3.69. The van der Waals surface area contributed by atoms with E-state index in [4.69, 9.17) is 0 Å². The molecule has 2 bridgehead atoms. The fourth-order valence-corrected chi connectivity index (χ4v) is 4.28. The first-order chi connectivity index (χ1) is 9.78. The number of hydrogen-bond donors (Lipinski definition) is 1. The van der Waals surface area contributed by atoms with E-state index >= 15 is 0 Å². The van der Waals surface area contributed by atoms with Gasteiger partial charge in [-0.15, -0.1) is 0 Å². The van der Waals surface area contributed by atoms with Crippen LogP contribution < -0.4 is 5.32 Å². The molecule has 1 aromatic carbocycles. The molecular weight excluding hydrogens is 312 g/mol. The minimum atomic E-state index is 0.753. The van der Waals surface area contributed by atoms with Crippen LogP contribution in [0.25, 0.3) is 0 Å². The summed E-state index contributed by atoms with van der Waals surface area (Å²) in [6.45, 7) is 4.54. The molecule has 2 unspecified atom stereocenters. The molecule has 3 heteroatoms. The van der Waals surface area contributed by atoms with Gasteiger partial charge in [0.15, 0.2) is 0 Å². The molecule has 3 rings (SSSR count). The number of piperidine rings is 1. The molecule has 2 fully saturated rings. The average Bonchev–Trinajstić information content (AvgIpc) is 2.70. The molecule has 2 aliphatic rings. The number of benzene rings is 1. The molecule has 0 aromatic heterocycles. The second kappa shape index (κ2) is 6.59. The van der Waals surface area contributed by atoms with Crippen molar-refractivity contribution in [3.8, 4) is 0 Å². The number of halogens is 1. The SMILES string of the molecule is CCCNC1CC2CCC(C1)N2Cc1ccccc1Br. The number of fused-ring (bicyclic) bond motifs is 2. The molecular formula is C17H25BrN2. The van der Waals surface area contributed by atoms with Crippen molar-refractivity contribution >= 4 is 15.9 Å². The maximum Gasteiger partial charge on any atom is 0.0250 e. The first-order valence-electron chi connectivity index (χ1n) is 8.00. The predicted molar refractivity (Wildman–Crippen MR) is 87.8 cm³/mol. The van der Waals surface area contributed by atoms with E-state index in [1.807, 2.05) is 0 Å². The van der Waals surface area contributed by atoms with Gasteiger partial charge in [0, 0.05) is 29.1 Å². The Hall–Kier alpha value is -0.380. The van der Waals surface area contributed by atoms with Gasteiger partial charge < -0.3 is 5.32 Å². The van der Waals surface area contributed by atoms with Crippen molar-refractivity contribution in [1.82, 2.24) is 10.2 Å². The van der Waals surface area contributed by atoms with Gasteiger partial charge in [-0.25, -0.2) is 0 Å². The van der Waals surface area contributed by atoms with Crippen molar-refractivity contribution in [2.45, 2.75) is 63.7 Å². The third-order valence-electron chi connectivity index (χ3n) is 4.88. The summed E-state index contributed by atoms with van der Waals surface area (Å²) in [5, 5.41) is 3.73. The van der Waals surface area contributed by atoms with E-state index in [1.165, 1.54) is 48.7 Å². The summed E-state index contributed by atoms with van der Waals surface area (Å²) in [7, 11) is 0. The minimum absolute atomic E-state index is 0.753. The highest BCUT2D eigenvalue weighted by Gasteiger charge is 2.40. The molecule has 0 radical (unpaired) electrons. The minimum Gasteiger partial charge on any atom is -0.314 e. The second-order valence-corrected chi connectivity index (χ2v) is 7.13. The predicted octanol–water partition coefficient (Wildman–Crippen LogP) is 3.94. The molecule has 110 valence electrons. The van der Waals surface area contributed by atoms with E-state index in [1.54, 1.807) is 0 Å². The topological polar surface area (TPSA) is 15.3 Å². The van der Waals surface area contributed by atoms with E-state index in [-0.39, 0.29) is 0 Å². The number of rotatable bonds is 5. The van der Waals surface area contributed by atoms with Crippen molar-refractivity contribution in [2.24, 2.45) is 0 Å². The van der Waals surface area contributed by atoms with Crippen molar-refractivity contribution in [2.75, 3.05) is 6.54 Å². The Labute approximate surface area is 131 Å². The van der Waals surface area contributed by atoms with Crippen molar-refractivity contribution in [1.29, 1.82) is 0 Å². The van der Waals surface area contributed by atoms with Gasteiger partial charge in [-0.1, -0.05) is 41.1 Å². The van der Waals surface area contributed by atoms with Crippen LogP contribution >= 0.6 is 15.9 Å². The monoisotopic (exact) mass is 336 g/mol. The van der Waals surface area contributed by atoms with Crippen LogP contribution in [0.1, 0.15) is 44.6 Å². The van der Waals surface area contributed by atoms with Crippen LogP contribution in [0.4, 0.5) is 0 Å². The highest BCUT2D eigenvalue weighted by atomic mass is 79.9. The van der Waals surface area contributed by atoms with Gasteiger partial charge in [0.1, 0.15) is 0 Å². The van der Waals surface area contributed by atoms with Crippen LogP contribution in [-0.4, -0.2) is 29.6 Å². The van der Waals surface area contributed by atoms with Crippen molar-refractivity contribution < 1.29 is 0 Å². The molecule has 0 amide bonds. The van der Waals surface area contributed by atoms with Gasteiger partial charge in [-0.05, 0) is 50.3 Å². The number of nitrogens with one attached hydrogen (secondary N) is 1. The highest BCUT2D eigenvalue weighted by molar-refractivity contribution is 9.10. The lowest BCUT2D eigenvalue weighted by Gasteiger charge is -2.39. The lowest BCUT2D eigenvalue weighted by Crippen LogP contribution is -2.48. The fourth-order valence-electron chi connectivity index (χ4n) is 3.87. The van der Waals surface area contributed by atoms with Crippen LogP contribution in [0.15, 0.2) is 28.7 Å². The molecule has 1 N–H and O–H groups in total. The van der Waals surface area contributed by atoms with Gasteiger partial charge in [-0.2, -0.15) is 0 Å². The zero-order valence-electron chi connectivity index (χ0n) is 12.3. The zero-order valence-corrected chi connectivity index (χ0v) is 13.9. The summed E-state index contributed by atoms with van der Waals surface area (Å²) in [6.07, 6.45) is 6.69. The van der Waals surface area contributed by atoms with Crippen LogP contribution in [-0.2, 0) is 6.54 Å². The Bertz CT molecular complexity index is 434. The second-order valence-electron chi connectivity index (χ2n) is 6.27. The maximum atomic E-state index is 3.73. The molecule has 2 saturated heterocycles. The van der Waals surface area contributed by atoms with Crippen molar-refractivity contribution in [3.63, 3.8) is 0 Å². The Kier molecular flexibility index (Phi) is 4.79. The summed E-state index contributed by atoms with van der Waals surface area (Å²) in [4.78, 5) is 2.75. The van der Waals surface area contributed by atoms with E-state index in [0.717, 1.165) is 24.7 Å². The van der Waals surface area contributed by atoms with Gasteiger partial charge in [0.25, 0.3) is 0 Å². The maximum absolute atomic E-state index is 3.73. The molecule has 20 heavy (non-hydrogen) atoms. The Morgan fingerprint density at radius 1 is 1.20 bits per heavy atom. The third-order valence-corrected chi connectivity index (χ3v) is 5.65. The molecule has 0 saturated carbocycles. The van der Waals surface area contributed by atoms with Crippen LogP contribution in [0.5, 0.6) is 0 Å². The lowest BCUT2D eigenvalue weighted by atomic mass is 9.96. The number of hydrogen-bond acceptors (Lipinski definition) is 2. The van der Waals surface area contributed by atoms with Gasteiger partial charge in [0.2, 0.25) is 0 Å². The third kappa shape index (κ3) is 3.10. The quantitative estimate of drug-likeness (QED) is 0.875. The van der Waals surface area contributed by atoms with E-state index < -0.39 is 0 Å². The van der Waals surface area contributed by atoms with Crippen LogP contribution in [0.3, 0.4) is 0 Å². The van der Waals surface area contributed by atoms with Crippen LogP contribution in [0.2, 0.25) is 0 Å². The van der Waals surface area contributed by atoms with Crippen LogP contribution in [0, 0.1) is 0 Å². The van der Waals surface area contributed by atoms with Crippen molar-refractivity contribution in [3.05, 3.63) is 34.3 Å². The fraction of sp³-hybridized carbons (Fsp3) is 0.647. The van der Waals surface area contributed by atoms with E-state index in [2.05, 4.69) is 57.3 Å². The smallest absolute Gasteiger partial charge is 0.0250 e. The molecule has 2 aliphatic heterocycles. The average molecular weight is 337 g/mol. The lowest BCUT2D eigenvalue weighted by molar-refractivity contribution is 0.109. The summed E-state index contributed by atoms with van der Waals surface area (Å²) < 4.78 is 1.26. The molecule has 0 aliphatic carbocycles. The molecule has 1 aromatic rings. The van der Waals surface area contributed by atoms with Gasteiger partial charge in [0.05, 0.1) is 0 Å². The largest absolute Gasteiger partial charge is 0.314 e. The first-order valence-corrected chi connectivity index (χ1v) is 8.79. The van der Waals surface area contributed by atoms with Gasteiger partial charge >= 0.3 is 0 Å². The standard InChI is InChI=1S/C17H25BrN2/c1-2-9-19-14-10-15-7-8-16(11-14)20(15)12-13-5-3-4-6-17(13)18/h3-6,14-16,19H,2,7-12H2,1H3. The molecule has 2 heterocycles. The Morgan fingerprint density at radius 3 is 2.55 bits per heavy atom. The van der Waals surface area contributed by atoms with E-state index in [9.17, 15) is 0 Å². The summed E-state index contributed by atoms with van der Waals surface area (Å²) in [5.41, 5.74) is 1.43. The molecule has 2 atom stereocenters. The molecule has 2 nitrogen and oxygen atoms in total. The summed E-state index contributed by atoms with van der Waals surface area (Å²) in [6, 6.07) is 11.0. The van der Waals surface area contributed by atoms with E-state index in [0.29, 0.717) is 0 Å². The molecule has 0 spiro atoms. The zero-order chi connectivity index (χ0) is 13.9. The van der Waals surface area contributed by atoms with Gasteiger partial charge in [-0.3, -0.25) is 4.90 Å². The Balaban J connectivity index is 1.64. The Morgan fingerprint density at radius 2 is 1.90 bits per heavy atom. The first kappa shape index (κ1) is 14.6.